The summed E-state index contributed by atoms with van der Waals surface area (Å²) in [6.07, 6.45) is -4.73. The van der Waals surface area contributed by atoms with Gasteiger partial charge in [0.05, 0.1) is 16.4 Å². The number of likely N-dealkylation sites (tertiary alicyclic amines) is 1. The zero-order valence-electron chi connectivity index (χ0n) is 12.2. The molecule has 24 heavy (non-hydrogen) atoms. The van der Waals surface area contributed by atoms with Crippen LogP contribution in [0.5, 0.6) is 0 Å². The van der Waals surface area contributed by atoms with Crippen molar-refractivity contribution in [3.63, 3.8) is 0 Å². The molecule has 3 rings (SSSR count). The first-order valence-electron chi connectivity index (χ1n) is 7.07. The summed E-state index contributed by atoms with van der Waals surface area (Å²) in [6, 6.07) is 2.07. The molecule has 5 nitrogen and oxygen atoms in total. The van der Waals surface area contributed by atoms with Crippen molar-refractivity contribution in [3.8, 4) is 0 Å². The van der Waals surface area contributed by atoms with Gasteiger partial charge in [-0.2, -0.15) is 13.2 Å². The Labute approximate surface area is 133 Å². The molecule has 0 radical (unpaired) electrons. The molecule has 0 spiro atoms. The molecule has 1 saturated heterocycles. The Morgan fingerprint density at radius 3 is 2.12 bits per heavy atom. The summed E-state index contributed by atoms with van der Waals surface area (Å²) >= 11 is 0. The Bertz CT molecular complexity index is 707. The molecule has 2 atom stereocenters. The van der Waals surface area contributed by atoms with E-state index in [1.165, 1.54) is 4.90 Å². The zero-order chi connectivity index (χ0) is 17.9. The molecular formula is C15H13F4NO4. The van der Waals surface area contributed by atoms with E-state index in [1.54, 1.807) is 0 Å². The van der Waals surface area contributed by atoms with E-state index < -0.39 is 40.3 Å². The van der Waals surface area contributed by atoms with Crippen LogP contribution in [0.1, 0.15) is 17.5 Å². The molecule has 2 fully saturated rings. The summed E-state index contributed by atoms with van der Waals surface area (Å²) in [6.45, 7) is -0.721. The topological polar surface area (TPSA) is 77.8 Å². The predicted octanol–water partition coefficient (Wildman–Crippen LogP) is 2.21. The van der Waals surface area contributed by atoms with Gasteiger partial charge >= 0.3 is 18.1 Å². The molecule has 0 unspecified atom stereocenters. The average molecular weight is 347 g/mol. The van der Waals surface area contributed by atoms with Gasteiger partial charge < -0.3 is 10.2 Å². The van der Waals surface area contributed by atoms with Gasteiger partial charge in [-0.1, -0.05) is 0 Å². The van der Waals surface area contributed by atoms with Crippen LogP contribution in [0.25, 0.3) is 0 Å². The summed E-state index contributed by atoms with van der Waals surface area (Å²) in [5.74, 6) is -3.39. The molecule has 1 aromatic rings. The van der Waals surface area contributed by atoms with Crippen molar-refractivity contribution in [2.24, 2.45) is 10.8 Å². The van der Waals surface area contributed by atoms with Gasteiger partial charge in [-0.05, 0) is 30.2 Å². The number of carbonyl (C=O) groups is 2. The highest BCUT2D eigenvalue weighted by Gasteiger charge is 2.80. The number of rotatable bonds is 4. The lowest BCUT2D eigenvalue weighted by atomic mass is 9.97. The van der Waals surface area contributed by atoms with Crippen LogP contribution >= 0.6 is 0 Å². The van der Waals surface area contributed by atoms with Crippen LogP contribution < -0.4 is 0 Å². The summed E-state index contributed by atoms with van der Waals surface area (Å²) < 4.78 is 52.4. The van der Waals surface area contributed by atoms with Crippen LogP contribution in [0.4, 0.5) is 17.6 Å². The van der Waals surface area contributed by atoms with Crippen LogP contribution in [0, 0.1) is 16.6 Å². The van der Waals surface area contributed by atoms with Crippen LogP contribution in [0.15, 0.2) is 18.2 Å². The maximum atomic E-state index is 13.3. The quantitative estimate of drug-likeness (QED) is 0.817. The molecule has 1 aliphatic carbocycles. The van der Waals surface area contributed by atoms with E-state index in [1.807, 2.05) is 0 Å². The lowest BCUT2D eigenvalue weighted by Gasteiger charge is -2.22. The van der Waals surface area contributed by atoms with Crippen molar-refractivity contribution in [3.05, 3.63) is 35.1 Å². The third-order valence-corrected chi connectivity index (χ3v) is 4.97. The maximum Gasteiger partial charge on any atom is 0.416 e. The fourth-order valence-corrected chi connectivity index (χ4v) is 3.72. The Morgan fingerprint density at radius 2 is 1.67 bits per heavy atom. The monoisotopic (exact) mass is 347 g/mol. The Kier molecular flexibility index (Phi) is 3.42. The Morgan fingerprint density at radius 1 is 1.12 bits per heavy atom. The van der Waals surface area contributed by atoms with E-state index in [9.17, 15) is 37.4 Å². The second-order valence-corrected chi connectivity index (χ2v) is 6.40. The molecule has 2 N–H and O–H groups in total. The van der Waals surface area contributed by atoms with Crippen LogP contribution in [0.2, 0.25) is 0 Å². The van der Waals surface area contributed by atoms with Gasteiger partial charge in [-0.3, -0.25) is 14.5 Å². The van der Waals surface area contributed by atoms with E-state index in [2.05, 4.69) is 0 Å². The van der Waals surface area contributed by atoms with Crippen LogP contribution in [-0.2, 0) is 22.3 Å². The van der Waals surface area contributed by atoms with E-state index in [0.717, 1.165) is 6.07 Å². The summed E-state index contributed by atoms with van der Waals surface area (Å²) in [5, 5.41) is 18.6. The molecule has 1 heterocycles. The standard InChI is InChI=1S/C15H13F4NO4/c16-9-1-2-10(15(17,18)19)8(3-9)4-20-6-13(11(21)22)5-14(13,7-20)12(23)24/h1-3H,4-7H2,(H,21,22)(H,23,24)/t13-,14+. The second kappa shape index (κ2) is 4.92. The largest absolute Gasteiger partial charge is 0.481 e. The van der Waals surface area contributed by atoms with Crippen LogP contribution in [0.3, 0.4) is 0 Å². The van der Waals surface area contributed by atoms with E-state index in [-0.39, 0.29) is 31.6 Å². The number of carboxylic acids is 2. The molecular weight excluding hydrogens is 334 g/mol. The number of carboxylic acid groups (broad SMARTS) is 2. The Hall–Kier alpha value is -2.16. The first-order valence-corrected chi connectivity index (χ1v) is 7.07. The van der Waals surface area contributed by atoms with Gasteiger partial charge in [-0.15, -0.1) is 0 Å². The van der Waals surface area contributed by atoms with Crippen molar-refractivity contribution in [1.29, 1.82) is 0 Å². The van der Waals surface area contributed by atoms with Gasteiger partial charge in [0, 0.05) is 19.6 Å². The predicted molar refractivity (Wildman–Crippen MR) is 71.4 cm³/mol. The van der Waals surface area contributed by atoms with Gasteiger partial charge in [0.15, 0.2) is 0 Å². The fourth-order valence-electron chi connectivity index (χ4n) is 3.72. The molecule has 9 heteroatoms. The number of hydrogen-bond donors (Lipinski definition) is 2. The first-order chi connectivity index (χ1) is 11.0. The third kappa shape index (κ3) is 2.26. The number of aliphatic carboxylic acids is 2. The SMILES string of the molecule is O=C(O)[C@@]12CN(Cc3cc(F)ccc3C(F)(F)F)C[C@]1(C(=O)O)C2. The number of nitrogens with zero attached hydrogens (tertiary/aromatic N) is 1. The third-order valence-electron chi connectivity index (χ3n) is 4.97. The number of fused-ring (bicyclic) bond motifs is 1. The number of alkyl halides is 3. The summed E-state index contributed by atoms with van der Waals surface area (Å²) in [7, 11) is 0. The lowest BCUT2D eigenvalue weighted by Crippen LogP contribution is -2.29. The van der Waals surface area contributed by atoms with Gasteiger partial charge in [-0.25, -0.2) is 4.39 Å². The fraction of sp³-hybridized carbons (Fsp3) is 0.467. The lowest BCUT2D eigenvalue weighted by molar-refractivity contribution is -0.151. The Balaban J connectivity index is 1.88. The van der Waals surface area contributed by atoms with E-state index in [0.29, 0.717) is 12.1 Å². The molecule has 0 bridgehead atoms. The van der Waals surface area contributed by atoms with Crippen molar-refractivity contribution >= 4 is 11.9 Å². The molecule has 1 aliphatic heterocycles. The number of halogens is 4. The maximum absolute atomic E-state index is 13.3. The van der Waals surface area contributed by atoms with Crippen molar-refractivity contribution in [1.82, 2.24) is 4.90 Å². The van der Waals surface area contributed by atoms with Gasteiger partial charge in [0.25, 0.3) is 0 Å². The van der Waals surface area contributed by atoms with Gasteiger partial charge in [0.1, 0.15) is 5.82 Å². The molecule has 2 aliphatic rings. The number of hydrogen-bond acceptors (Lipinski definition) is 3. The van der Waals surface area contributed by atoms with E-state index >= 15 is 0 Å². The number of piperidine rings is 1. The number of benzene rings is 1. The van der Waals surface area contributed by atoms with E-state index in [4.69, 9.17) is 0 Å². The summed E-state index contributed by atoms with van der Waals surface area (Å²) in [5.41, 5.74) is -4.32. The van der Waals surface area contributed by atoms with Crippen LogP contribution in [-0.4, -0.2) is 40.1 Å². The van der Waals surface area contributed by atoms with Crippen molar-refractivity contribution < 1.29 is 37.4 Å². The molecule has 1 aromatic carbocycles. The second-order valence-electron chi connectivity index (χ2n) is 6.40. The van der Waals surface area contributed by atoms with Crippen molar-refractivity contribution in [2.45, 2.75) is 19.1 Å². The average Bonchev–Trinajstić information content (AvgIpc) is 2.97. The minimum atomic E-state index is -4.68. The highest BCUT2D eigenvalue weighted by Crippen LogP contribution is 2.68. The highest BCUT2D eigenvalue weighted by molar-refractivity contribution is 5.94. The van der Waals surface area contributed by atoms with Crippen molar-refractivity contribution in [2.75, 3.05) is 13.1 Å². The molecule has 0 aromatic heterocycles. The first kappa shape index (κ1) is 16.7. The zero-order valence-corrected chi connectivity index (χ0v) is 12.2. The normalized spacial score (nSPS) is 29.3. The molecule has 1 saturated carbocycles. The van der Waals surface area contributed by atoms with Gasteiger partial charge in [0.2, 0.25) is 0 Å². The molecule has 130 valence electrons. The highest BCUT2D eigenvalue weighted by atomic mass is 19.4. The minimum absolute atomic E-state index is 0.0452. The summed E-state index contributed by atoms with van der Waals surface area (Å²) in [4.78, 5) is 24.2. The smallest absolute Gasteiger partial charge is 0.416 e. The minimum Gasteiger partial charge on any atom is -0.481 e. The molecule has 0 amide bonds.